The molecule has 0 saturated heterocycles. The number of ether oxygens (including phenoxy) is 1. The Morgan fingerprint density at radius 3 is 2.53 bits per heavy atom. The van der Waals surface area contributed by atoms with Gasteiger partial charge in [0, 0.05) is 12.0 Å². The van der Waals surface area contributed by atoms with Gasteiger partial charge in [-0.3, -0.25) is 0 Å². The van der Waals surface area contributed by atoms with Gasteiger partial charge in [-0.05, 0) is 25.3 Å². The Bertz CT molecular complexity index is 203. The third kappa shape index (κ3) is 5.39. The number of rotatable bonds is 7. The Balaban J connectivity index is 2.32. The lowest BCUT2D eigenvalue weighted by Crippen LogP contribution is -2.36. The fraction of sp³-hybridized carbons (Fsp3) is 1.00. The smallest absolute Gasteiger partial charge is 0.0603 e. The summed E-state index contributed by atoms with van der Waals surface area (Å²) < 4.78 is 6.21. The fourth-order valence-corrected chi connectivity index (χ4v) is 2.71. The minimum absolute atomic E-state index is 0.256. The standard InChI is InChI=1S/C15H31NO/c1-5-13-9-7-8-10-14(13)17-12-15(3,4)11-16-6-2/h13-14,16H,5-12H2,1-4H3. The van der Waals surface area contributed by atoms with Crippen LogP contribution in [0.2, 0.25) is 0 Å². The van der Waals surface area contributed by atoms with Crippen molar-refractivity contribution in [1.82, 2.24) is 5.32 Å². The zero-order valence-electron chi connectivity index (χ0n) is 12.2. The third-order valence-corrected chi connectivity index (χ3v) is 3.91. The minimum Gasteiger partial charge on any atom is -0.377 e. The lowest BCUT2D eigenvalue weighted by atomic mass is 9.84. The highest BCUT2D eigenvalue weighted by molar-refractivity contribution is 4.77. The van der Waals surface area contributed by atoms with Crippen LogP contribution < -0.4 is 5.32 Å². The van der Waals surface area contributed by atoms with E-state index < -0.39 is 0 Å². The predicted octanol–water partition coefficient (Wildman–Crippen LogP) is 3.61. The highest BCUT2D eigenvalue weighted by atomic mass is 16.5. The van der Waals surface area contributed by atoms with Crippen molar-refractivity contribution in [3.05, 3.63) is 0 Å². The van der Waals surface area contributed by atoms with Gasteiger partial charge >= 0.3 is 0 Å². The van der Waals surface area contributed by atoms with Gasteiger partial charge in [0.1, 0.15) is 0 Å². The quantitative estimate of drug-likeness (QED) is 0.735. The van der Waals surface area contributed by atoms with E-state index in [1.54, 1.807) is 0 Å². The molecule has 2 atom stereocenters. The van der Waals surface area contributed by atoms with Crippen LogP contribution in [-0.2, 0) is 4.74 Å². The van der Waals surface area contributed by atoms with Gasteiger partial charge in [-0.1, -0.05) is 47.0 Å². The highest BCUT2D eigenvalue weighted by Gasteiger charge is 2.27. The maximum Gasteiger partial charge on any atom is 0.0603 e. The Labute approximate surface area is 108 Å². The normalized spacial score (nSPS) is 26.1. The maximum absolute atomic E-state index is 6.21. The molecule has 17 heavy (non-hydrogen) atoms. The zero-order chi connectivity index (χ0) is 12.7. The summed E-state index contributed by atoms with van der Waals surface area (Å²) in [6, 6.07) is 0. The van der Waals surface area contributed by atoms with Crippen molar-refractivity contribution in [3.8, 4) is 0 Å². The average Bonchev–Trinajstić information content (AvgIpc) is 2.34. The van der Waals surface area contributed by atoms with Gasteiger partial charge in [-0.2, -0.15) is 0 Å². The van der Waals surface area contributed by atoms with E-state index in [-0.39, 0.29) is 5.41 Å². The molecule has 0 bridgehead atoms. The van der Waals surface area contributed by atoms with Crippen LogP contribution in [-0.4, -0.2) is 25.8 Å². The van der Waals surface area contributed by atoms with Gasteiger partial charge < -0.3 is 10.1 Å². The predicted molar refractivity (Wildman–Crippen MR) is 74.3 cm³/mol. The van der Waals surface area contributed by atoms with Gasteiger partial charge in [-0.25, -0.2) is 0 Å². The van der Waals surface area contributed by atoms with Crippen molar-refractivity contribution in [2.45, 2.75) is 65.9 Å². The topological polar surface area (TPSA) is 21.3 Å². The molecule has 1 saturated carbocycles. The lowest BCUT2D eigenvalue weighted by molar-refractivity contribution is -0.0451. The molecule has 2 nitrogen and oxygen atoms in total. The van der Waals surface area contributed by atoms with Gasteiger partial charge in [0.05, 0.1) is 12.7 Å². The van der Waals surface area contributed by atoms with Crippen LogP contribution in [0.4, 0.5) is 0 Å². The molecule has 0 radical (unpaired) electrons. The van der Waals surface area contributed by atoms with E-state index in [2.05, 4.69) is 33.0 Å². The molecule has 0 aromatic heterocycles. The summed E-state index contributed by atoms with van der Waals surface area (Å²) in [6.07, 6.45) is 7.20. The van der Waals surface area contributed by atoms with Crippen molar-refractivity contribution >= 4 is 0 Å². The van der Waals surface area contributed by atoms with Crippen LogP contribution in [0.15, 0.2) is 0 Å². The van der Waals surface area contributed by atoms with E-state index in [1.165, 1.54) is 32.1 Å². The van der Waals surface area contributed by atoms with Crippen molar-refractivity contribution in [2.24, 2.45) is 11.3 Å². The van der Waals surface area contributed by atoms with E-state index >= 15 is 0 Å². The summed E-state index contributed by atoms with van der Waals surface area (Å²) in [5, 5.41) is 3.42. The molecule has 1 rings (SSSR count). The van der Waals surface area contributed by atoms with Crippen LogP contribution in [0, 0.1) is 11.3 Å². The number of hydrogen-bond acceptors (Lipinski definition) is 2. The molecular formula is C15H31NO. The Hall–Kier alpha value is -0.0800. The van der Waals surface area contributed by atoms with Crippen molar-refractivity contribution in [3.63, 3.8) is 0 Å². The number of hydrogen-bond donors (Lipinski definition) is 1. The molecule has 1 fully saturated rings. The summed E-state index contributed by atoms with van der Waals surface area (Å²) in [5.74, 6) is 0.804. The molecule has 2 heteroatoms. The monoisotopic (exact) mass is 241 g/mol. The van der Waals surface area contributed by atoms with Crippen LogP contribution in [0.1, 0.15) is 59.8 Å². The molecular weight excluding hydrogens is 210 g/mol. The first kappa shape index (κ1) is 15.0. The molecule has 1 N–H and O–H groups in total. The van der Waals surface area contributed by atoms with Crippen LogP contribution in [0.3, 0.4) is 0 Å². The van der Waals surface area contributed by atoms with Gasteiger partial charge in [0.2, 0.25) is 0 Å². The molecule has 1 aliphatic carbocycles. The Kier molecular flexibility index (Phi) is 6.50. The summed E-state index contributed by atoms with van der Waals surface area (Å²) >= 11 is 0. The molecule has 0 aliphatic heterocycles. The second-order valence-electron chi connectivity index (χ2n) is 6.25. The summed E-state index contributed by atoms with van der Waals surface area (Å²) in [6.45, 7) is 12.0. The van der Waals surface area contributed by atoms with E-state index in [0.717, 1.165) is 25.6 Å². The van der Waals surface area contributed by atoms with Crippen molar-refractivity contribution in [2.75, 3.05) is 19.7 Å². The molecule has 0 aromatic rings. The SMILES string of the molecule is CCNCC(C)(C)COC1CCCCC1CC. The second-order valence-corrected chi connectivity index (χ2v) is 6.25. The van der Waals surface area contributed by atoms with Gasteiger partial charge in [0.15, 0.2) is 0 Å². The molecule has 0 heterocycles. The minimum atomic E-state index is 0.256. The second kappa shape index (κ2) is 7.38. The van der Waals surface area contributed by atoms with Gasteiger partial charge in [-0.15, -0.1) is 0 Å². The molecule has 2 unspecified atom stereocenters. The van der Waals surface area contributed by atoms with E-state index in [4.69, 9.17) is 4.74 Å². The van der Waals surface area contributed by atoms with Crippen LogP contribution in [0.5, 0.6) is 0 Å². The summed E-state index contributed by atoms with van der Waals surface area (Å²) in [5.41, 5.74) is 0.256. The van der Waals surface area contributed by atoms with E-state index in [9.17, 15) is 0 Å². The Morgan fingerprint density at radius 1 is 1.18 bits per heavy atom. The van der Waals surface area contributed by atoms with Crippen molar-refractivity contribution in [1.29, 1.82) is 0 Å². The summed E-state index contributed by atoms with van der Waals surface area (Å²) in [7, 11) is 0. The van der Waals surface area contributed by atoms with Crippen LogP contribution in [0.25, 0.3) is 0 Å². The van der Waals surface area contributed by atoms with E-state index in [1.807, 2.05) is 0 Å². The average molecular weight is 241 g/mol. The summed E-state index contributed by atoms with van der Waals surface area (Å²) in [4.78, 5) is 0. The maximum atomic E-state index is 6.21. The van der Waals surface area contributed by atoms with E-state index in [0.29, 0.717) is 6.10 Å². The zero-order valence-corrected chi connectivity index (χ0v) is 12.2. The molecule has 0 amide bonds. The first-order valence-electron chi connectivity index (χ1n) is 7.41. The molecule has 0 spiro atoms. The van der Waals surface area contributed by atoms with Crippen molar-refractivity contribution < 1.29 is 4.74 Å². The molecule has 1 aliphatic rings. The first-order valence-corrected chi connectivity index (χ1v) is 7.41. The lowest BCUT2D eigenvalue weighted by Gasteiger charge is -2.34. The largest absolute Gasteiger partial charge is 0.377 e. The van der Waals surface area contributed by atoms with Crippen LogP contribution >= 0.6 is 0 Å². The first-order chi connectivity index (χ1) is 8.09. The molecule has 102 valence electrons. The highest BCUT2D eigenvalue weighted by Crippen LogP contribution is 2.30. The van der Waals surface area contributed by atoms with Gasteiger partial charge in [0.25, 0.3) is 0 Å². The fourth-order valence-electron chi connectivity index (χ4n) is 2.71. The Morgan fingerprint density at radius 2 is 1.88 bits per heavy atom. The third-order valence-electron chi connectivity index (χ3n) is 3.91. The molecule has 0 aromatic carbocycles. The number of nitrogens with one attached hydrogen (secondary N) is 1.